The summed E-state index contributed by atoms with van der Waals surface area (Å²) in [7, 11) is 1.75. The maximum absolute atomic E-state index is 12.5. The van der Waals surface area contributed by atoms with Crippen LogP contribution in [0.3, 0.4) is 0 Å². The molecule has 3 aromatic rings. The third-order valence-corrected chi connectivity index (χ3v) is 4.01. The van der Waals surface area contributed by atoms with Gasteiger partial charge in [-0.25, -0.2) is 4.98 Å². The predicted octanol–water partition coefficient (Wildman–Crippen LogP) is 2.36. The number of aromatic nitrogens is 2. The lowest BCUT2D eigenvalue weighted by Gasteiger charge is -2.18. The molecule has 0 unspecified atom stereocenters. The molecule has 3 rings (SSSR count). The number of aryl methyl sites for hydroxylation is 1. The highest BCUT2D eigenvalue weighted by atomic mass is 16.2. The van der Waals surface area contributed by atoms with Gasteiger partial charge in [0.25, 0.3) is 5.56 Å². The van der Waals surface area contributed by atoms with E-state index in [1.165, 1.54) is 16.3 Å². The first-order chi connectivity index (χ1) is 11.5. The van der Waals surface area contributed by atoms with Crippen molar-refractivity contribution in [2.75, 3.05) is 7.05 Å². The molecule has 0 aliphatic rings. The Hall–Kier alpha value is -2.95. The van der Waals surface area contributed by atoms with Gasteiger partial charge in [-0.3, -0.25) is 14.2 Å². The zero-order chi connectivity index (χ0) is 17.1. The van der Waals surface area contributed by atoms with Crippen LogP contribution in [-0.4, -0.2) is 27.4 Å². The molecule has 0 aliphatic carbocycles. The molecule has 0 saturated heterocycles. The van der Waals surface area contributed by atoms with Crippen LogP contribution in [-0.2, 0) is 17.9 Å². The molecule has 0 atom stereocenters. The highest BCUT2D eigenvalue weighted by molar-refractivity contribution is 5.79. The molecule has 0 saturated carbocycles. The lowest BCUT2D eigenvalue weighted by molar-refractivity contribution is -0.131. The fourth-order valence-corrected chi connectivity index (χ4v) is 2.59. The first-order valence-electron chi connectivity index (χ1n) is 7.79. The zero-order valence-corrected chi connectivity index (χ0v) is 13.8. The van der Waals surface area contributed by atoms with Gasteiger partial charge in [0.15, 0.2) is 0 Å². The number of hydrogen-bond donors (Lipinski definition) is 0. The number of rotatable bonds is 4. The van der Waals surface area contributed by atoms with Crippen LogP contribution in [0.4, 0.5) is 0 Å². The molecule has 0 radical (unpaired) electrons. The maximum atomic E-state index is 12.5. The van der Waals surface area contributed by atoms with Crippen molar-refractivity contribution in [3.05, 3.63) is 76.2 Å². The topological polar surface area (TPSA) is 55.2 Å². The molecule has 1 heterocycles. The Balaban J connectivity index is 1.80. The molecule has 1 amide bonds. The Morgan fingerprint density at radius 1 is 1.12 bits per heavy atom. The van der Waals surface area contributed by atoms with Crippen molar-refractivity contribution in [3.8, 4) is 0 Å². The van der Waals surface area contributed by atoms with E-state index in [0.29, 0.717) is 17.6 Å². The quantitative estimate of drug-likeness (QED) is 0.741. The van der Waals surface area contributed by atoms with Gasteiger partial charge in [-0.05, 0) is 24.6 Å². The van der Waals surface area contributed by atoms with Gasteiger partial charge in [0.2, 0.25) is 5.91 Å². The van der Waals surface area contributed by atoms with Crippen LogP contribution < -0.4 is 5.56 Å². The monoisotopic (exact) mass is 321 g/mol. The van der Waals surface area contributed by atoms with Crippen LogP contribution in [0.2, 0.25) is 0 Å². The second-order valence-electron chi connectivity index (χ2n) is 5.91. The number of carbonyl (C=O) groups excluding carboxylic acids is 1. The average Bonchev–Trinajstić information content (AvgIpc) is 2.59. The lowest BCUT2D eigenvalue weighted by Crippen LogP contribution is -2.33. The molecule has 5 heteroatoms. The van der Waals surface area contributed by atoms with Crippen LogP contribution in [0.25, 0.3) is 11.0 Å². The molecule has 0 aliphatic heterocycles. The van der Waals surface area contributed by atoms with Gasteiger partial charge in [0, 0.05) is 13.6 Å². The van der Waals surface area contributed by atoms with Gasteiger partial charge in [-0.1, -0.05) is 42.0 Å². The summed E-state index contributed by atoms with van der Waals surface area (Å²) in [5.41, 5.74) is 3.34. The Morgan fingerprint density at radius 3 is 2.58 bits per heavy atom. The van der Waals surface area contributed by atoms with Gasteiger partial charge in [-0.15, -0.1) is 0 Å². The number of fused-ring (bicyclic) bond motifs is 1. The number of likely N-dealkylation sites (N-methyl/N-ethyl adjacent to an activating group) is 1. The van der Waals surface area contributed by atoms with Crippen LogP contribution in [0, 0.1) is 6.92 Å². The van der Waals surface area contributed by atoms with Gasteiger partial charge in [-0.2, -0.15) is 0 Å². The Morgan fingerprint density at radius 2 is 1.83 bits per heavy atom. The fraction of sp³-hybridized carbons (Fsp3) is 0.211. The minimum Gasteiger partial charge on any atom is -0.340 e. The molecule has 0 N–H and O–H groups in total. The van der Waals surface area contributed by atoms with Crippen molar-refractivity contribution < 1.29 is 4.79 Å². The van der Waals surface area contributed by atoms with Crippen molar-refractivity contribution in [2.24, 2.45) is 0 Å². The summed E-state index contributed by atoms with van der Waals surface area (Å²) in [6.45, 7) is 2.54. The van der Waals surface area contributed by atoms with E-state index in [9.17, 15) is 9.59 Å². The molecule has 0 bridgehead atoms. The number of nitrogens with zero attached hydrogens (tertiary/aromatic N) is 3. The third kappa shape index (κ3) is 3.35. The summed E-state index contributed by atoms with van der Waals surface area (Å²) in [5.74, 6) is -0.117. The molecule has 0 fully saturated rings. The van der Waals surface area contributed by atoms with Gasteiger partial charge >= 0.3 is 0 Å². The van der Waals surface area contributed by atoms with E-state index in [1.54, 1.807) is 18.0 Å². The standard InChI is InChI=1S/C19H19N3O2/c1-14-7-9-15(10-8-14)12-21(2)19(24)13-22-17-6-4-3-5-16(17)20-11-18(22)23/h3-11H,12-13H2,1-2H3. The summed E-state index contributed by atoms with van der Waals surface area (Å²) in [5, 5.41) is 0. The number of para-hydroxylation sites is 2. The summed E-state index contributed by atoms with van der Waals surface area (Å²) in [6, 6.07) is 15.4. The van der Waals surface area contributed by atoms with E-state index >= 15 is 0 Å². The summed E-state index contributed by atoms with van der Waals surface area (Å²) in [6.07, 6.45) is 1.26. The summed E-state index contributed by atoms with van der Waals surface area (Å²) >= 11 is 0. The van der Waals surface area contributed by atoms with Gasteiger partial charge in [0.1, 0.15) is 6.54 Å². The molecule has 5 nitrogen and oxygen atoms in total. The van der Waals surface area contributed by atoms with Crippen molar-refractivity contribution in [2.45, 2.75) is 20.0 Å². The van der Waals surface area contributed by atoms with Crippen LogP contribution in [0.1, 0.15) is 11.1 Å². The van der Waals surface area contributed by atoms with Crippen molar-refractivity contribution in [1.29, 1.82) is 0 Å². The minimum absolute atomic E-state index is 0.00419. The Labute approximate surface area is 140 Å². The second-order valence-corrected chi connectivity index (χ2v) is 5.91. The molecule has 24 heavy (non-hydrogen) atoms. The number of benzene rings is 2. The van der Waals surface area contributed by atoms with Gasteiger partial charge in [0.05, 0.1) is 17.2 Å². The smallest absolute Gasteiger partial charge is 0.269 e. The molecular weight excluding hydrogens is 302 g/mol. The normalized spacial score (nSPS) is 10.8. The number of carbonyl (C=O) groups is 1. The number of amides is 1. The van der Waals surface area contributed by atoms with Crippen molar-refractivity contribution in [3.63, 3.8) is 0 Å². The Kier molecular flexibility index (Phi) is 4.42. The first-order valence-corrected chi connectivity index (χ1v) is 7.79. The highest BCUT2D eigenvalue weighted by Crippen LogP contribution is 2.10. The van der Waals surface area contributed by atoms with E-state index in [2.05, 4.69) is 4.98 Å². The third-order valence-electron chi connectivity index (χ3n) is 4.01. The summed E-state index contributed by atoms with van der Waals surface area (Å²) in [4.78, 5) is 30.4. The Bertz CT molecular complexity index is 929. The van der Waals surface area contributed by atoms with E-state index in [4.69, 9.17) is 0 Å². The van der Waals surface area contributed by atoms with E-state index < -0.39 is 0 Å². The highest BCUT2D eigenvalue weighted by Gasteiger charge is 2.13. The van der Waals surface area contributed by atoms with Crippen LogP contribution in [0.15, 0.2) is 59.5 Å². The van der Waals surface area contributed by atoms with Crippen LogP contribution in [0.5, 0.6) is 0 Å². The van der Waals surface area contributed by atoms with E-state index in [-0.39, 0.29) is 18.0 Å². The first kappa shape index (κ1) is 15.9. The largest absolute Gasteiger partial charge is 0.340 e. The molecule has 2 aromatic carbocycles. The molecule has 122 valence electrons. The number of hydrogen-bond acceptors (Lipinski definition) is 3. The fourth-order valence-electron chi connectivity index (χ4n) is 2.59. The predicted molar refractivity (Wildman–Crippen MR) is 93.7 cm³/mol. The second kappa shape index (κ2) is 6.66. The van der Waals surface area contributed by atoms with Gasteiger partial charge < -0.3 is 4.90 Å². The molecule has 1 aromatic heterocycles. The minimum atomic E-state index is -0.272. The lowest BCUT2D eigenvalue weighted by atomic mass is 10.1. The summed E-state index contributed by atoms with van der Waals surface area (Å²) < 4.78 is 1.47. The SMILES string of the molecule is Cc1ccc(CN(C)C(=O)Cn2c(=O)cnc3ccccc32)cc1. The van der Waals surface area contributed by atoms with Crippen molar-refractivity contribution in [1.82, 2.24) is 14.5 Å². The van der Waals surface area contributed by atoms with E-state index in [1.807, 2.05) is 49.4 Å². The average molecular weight is 321 g/mol. The molecular formula is C19H19N3O2. The van der Waals surface area contributed by atoms with Crippen molar-refractivity contribution >= 4 is 16.9 Å². The maximum Gasteiger partial charge on any atom is 0.269 e. The molecule has 0 spiro atoms. The van der Waals surface area contributed by atoms with Crippen LogP contribution >= 0.6 is 0 Å². The zero-order valence-electron chi connectivity index (χ0n) is 13.8. The van der Waals surface area contributed by atoms with E-state index in [0.717, 1.165) is 5.56 Å².